The van der Waals surface area contributed by atoms with Crippen LogP contribution >= 0.6 is 11.6 Å². The van der Waals surface area contributed by atoms with Gasteiger partial charge in [0.05, 0.1) is 6.61 Å². The lowest BCUT2D eigenvalue weighted by atomic mass is 10.1. The summed E-state index contributed by atoms with van der Waals surface area (Å²) < 4.78 is 18.9. The molecule has 17 heavy (non-hydrogen) atoms. The summed E-state index contributed by atoms with van der Waals surface area (Å²) in [6.45, 7) is 2.49. The van der Waals surface area contributed by atoms with Crippen molar-refractivity contribution in [2.75, 3.05) is 6.61 Å². The summed E-state index contributed by atoms with van der Waals surface area (Å²) in [5.41, 5.74) is 0.823. The van der Waals surface area contributed by atoms with Crippen LogP contribution in [0.1, 0.15) is 6.92 Å². The van der Waals surface area contributed by atoms with Gasteiger partial charge >= 0.3 is 0 Å². The summed E-state index contributed by atoms with van der Waals surface area (Å²) in [4.78, 5) is 7.44. The smallest absolute Gasteiger partial charge is 0.186 e. The molecule has 2 rings (SSSR count). The van der Waals surface area contributed by atoms with E-state index < -0.39 is 5.82 Å². The summed E-state index contributed by atoms with van der Waals surface area (Å²) in [6.07, 6.45) is 1.23. The van der Waals surface area contributed by atoms with Gasteiger partial charge in [0.2, 0.25) is 0 Å². The van der Waals surface area contributed by atoms with Crippen molar-refractivity contribution in [1.29, 1.82) is 0 Å². The average molecular weight is 253 g/mol. The van der Waals surface area contributed by atoms with Crippen LogP contribution in [0.5, 0.6) is 5.75 Å². The van der Waals surface area contributed by atoms with E-state index in [0.717, 1.165) is 5.75 Å². The van der Waals surface area contributed by atoms with Crippen molar-refractivity contribution >= 4 is 11.6 Å². The predicted molar refractivity (Wildman–Crippen MR) is 63.6 cm³/mol. The van der Waals surface area contributed by atoms with Crippen molar-refractivity contribution in [3.05, 3.63) is 41.6 Å². The minimum Gasteiger partial charge on any atom is -0.494 e. The Hall–Kier alpha value is -1.68. The highest BCUT2D eigenvalue weighted by Gasteiger charge is 2.11. The standard InChI is InChI=1S/C12H10ClFN2O/c1-2-17-9-5-3-8(4-6-9)11-10(14)12(13)16-7-15-11/h3-7H,2H2,1H3. The van der Waals surface area contributed by atoms with Crippen molar-refractivity contribution < 1.29 is 9.13 Å². The number of hydrogen-bond donors (Lipinski definition) is 0. The van der Waals surface area contributed by atoms with Crippen molar-refractivity contribution in [3.63, 3.8) is 0 Å². The maximum Gasteiger partial charge on any atom is 0.186 e. The highest BCUT2D eigenvalue weighted by Crippen LogP contribution is 2.25. The molecule has 0 saturated carbocycles. The van der Waals surface area contributed by atoms with Crippen LogP contribution < -0.4 is 4.74 Å². The molecule has 0 aliphatic carbocycles. The molecule has 0 saturated heterocycles. The van der Waals surface area contributed by atoms with Crippen LogP contribution in [0, 0.1) is 5.82 Å². The quantitative estimate of drug-likeness (QED) is 0.786. The topological polar surface area (TPSA) is 35.0 Å². The molecule has 1 aromatic heterocycles. The first kappa shape index (κ1) is 11.8. The molecule has 0 radical (unpaired) electrons. The monoisotopic (exact) mass is 252 g/mol. The number of ether oxygens (including phenoxy) is 1. The normalized spacial score (nSPS) is 10.3. The Labute approximate surface area is 103 Å². The van der Waals surface area contributed by atoms with Gasteiger partial charge in [-0.1, -0.05) is 11.6 Å². The van der Waals surface area contributed by atoms with Gasteiger partial charge in [0.1, 0.15) is 17.8 Å². The Balaban J connectivity index is 2.36. The van der Waals surface area contributed by atoms with Gasteiger partial charge in [-0.3, -0.25) is 0 Å². The number of rotatable bonds is 3. The maximum absolute atomic E-state index is 13.6. The number of aromatic nitrogens is 2. The highest BCUT2D eigenvalue weighted by molar-refractivity contribution is 6.29. The Bertz CT molecular complexity index is 516. The molecule has 0 aliphatic heterocycles. The van der Waals surface area contributed by atoms with E-state index in [4.69, 9.17) is 16.3 Å². The first-order valence-corrected chi connectivity index (χ1v) is 5.49. The zero-order valence-electron chi connectivity index (χ0n) is 9.15. The molecule has 0 amide bonds. The molecule has 0 aliphatic rings. The lowest BCUT2D eigenvalue weighted by molar-refractivity contribution is 0.340. The van der Waals surface area contributed by atoms with Crippen molar-refractivity contribution in [2.45, 2.75) is 6.92 Å². The van der Waals surface area contributed by atoms with Gasteiger partial charge in [0, 0.05) is 5.56 Å². The SMILES string of the molecule is CCOc1ccc(-c2ncnc(Cl)c2F)cc1. The fourth-order valence-electron chi connectivity index (χ4n) is 1.43. The molecule has 0 bridgehead atoms. The highest BCUT2D eigenvalue weighted by atomic mass is 35.5. The molecule has 5 heteroatoms. The predicted octanol–water partition coefficient (Wildman–Crippen LogP) is 3.33. The van der Waals surface area contributed by atoms with Gasteiger partial charge in [-0.15, -0.1) is 0 Å². The molecule has 0 N–H and O–H groups in total. The Morgan fingerprint density at radius 3 is 2.59 bits per heavy atom. The van der Waals surface area contributed by atoms with Crippen molar-refractivity contribution in [1.82, 2.24) is 9.97 Å². The Morgan fingerprint density at radius 2 is 1.94 bits per heavy atom. The third-order valence-corrected chi connectivity index (χ3v) is 2.45. The van der Waals surface area contributed by atoms with Crippen LogP contribution in [-0.4, -0.2) is 16.6 Å². The number of halogens is 2. The van der Waals surface area contributed by atoms with Gasteiger partial charge in [0.15, 0.2) is 11.0 Å². The largest absolute Gasteiger partial charge is 0.494 e. The minimum atomic E-state index is -0.613. The number of nitrogens with zero attached hydrogens (tertiary/aromatic N) is 2. The van der Waals surface area contributed by atoms with E-state index in [1.165, 1.54) is 6.33 Å². The van der Waals surface area contributed by atoms with Crippen molar-refractivity contribution in [3.8, 4) is 17.0 Å². The zero-order valence-corrected chi connectivity index (χ0v) is 9.91. The van der Waals surface area contributed by atoms with E-state index >= 15 is 0 Å². The van der Waals surface area contributed by atoms with Crippen LogP contribution in [0.2, 0.25) is 5.15 Å². The summed E-state index contributed by atoms with van der Waals surface area (Å²) in [6, 6.07) is 6.97. The maximum atomic E-state index is 13.6. The molecular formula is C12H10ClFN2O. The number of benzene rings is 1. The van der Waals surface area contributed by atoms with Crippen LogP contribution in [-0.2, 0) is 0 Å². The van der Waals surface area contributed by atoms with E-state index in [9.17, 15) is 4.39 Å². The molecule has 0 unspecified atom stereocenters. The Morgan fingerprint density at radius 1 is 1.24 bits per heavy atom. The third-order valence-electron chi connectivity index (χ3n) is 2.19. The molecule has 3 nitrogen and oxygen atoms in total. The van der Waals surface area contributed by atoms with Gasteiger partial charge in [-0.05, 0) is 31.2 Å². The summed E-state index contributed by atoms with van der Waals surface area (Å²) in [5.74, 6) is 0.120. The zero-order chi connectivity index (χ0) is 12.3. The van der Waals surface area contributed by atoms with E-state index in [1.807, 2.05) is 6.92 Å². The van der Waals surface area contributed by atoms with Gasteiger partial charge in [0.25, 0.3) is 0 Å². The van der Waals surface area contributed by atoms with Crippen LogP contribution in [0.3, 0.4) is 0 Å². The lowest BCUT2D eigenvalue weighted by Crippen LogP contribution is -1.94. The molecule has 0 fully saturated rings. The van der Waals surface area contributed by atoms with Gasteiger partial charge in [-0.2, -0.15) is 0 Å². The summed E-state index contributed by atoms with van der Waals surface area (Å²) in [7, 11) is 0. The molecule has 0 atom stereocenters. The van der Waals surface area contributed by atoms with Crippen LogP contribution in [0.25, 0.3) is 11.3 Å². The molecule has 2 aromatic rings. The van der Waals surface area contributed by atoms with Gasteiger partial charge < -0.3 is 4.74 Å². The molecular weight excluding hydrogens is 243 g/mol. The van der Waals surface area contributed by atoms with Crippen LogP contribution in [0.4, 0.5) is 4.39 Å². The average Bonchev–Trinajstić information content (AvgIpc) is 2.34. The van der Waals surface area contributed by atoms with E-state index in [2.05, 4.69) is 9.97 Å². The second kappa shape index (κ2) is 5.10. The van der Waals surface area contributed by atoms with Crippen molar-refractivity contribution in [2.24, 2.45) is 0 Å². The fourth-order valence-corrected chi connectivity index (χ4v) is 1.56. The molecule has 88 valence electrons. The molecule has 0 spiro atoms. The van der Waals surface area contributed by atoms with Crippen LogP contribution in [0.15, 0.2) is 30.6 Å². The minimum absolute atomic E-state index is 0.177. The second-order valence-corrected chi connectivity index (χ2v) is 3.64. The van der Waals surface area contributed by atoms with E-state index in [0.29, 0.717) is 12.2 Å². The number of hydrogen-bond acceptors (Lipinski definition) is 3. The third kappa shape index (κ3) is 2.53. The molecule has 1 aromatic carbocycles. The molecule has 1 heterocycles. The fraction of sp³-hybridized carbons (Fsp3) is 0.167. The Kier molecular flexibility index (Phi) is 3.54. The van der Waals surface area contributed by atoms with E-state index in [1.54, 1.807) is 24.3 Å². The summed E-state index contributed by atoms with van der Waals surface area (Å²) >= 11 is 5.59. The first-order chi connectivity index (χ1) is 8.22. The second-order valence-electron chi connectivity index (χ2n) is 3.28. The first-order valence-electron chi connectivity index (χ1n) is 5.11. The van der Waals surface area contributed by atoms with Gasteiger partial charge in [-0.25, -0.2) is 14.4 Å². The van der Waals surface area contributed by atoms with E-state index in [-0.39, 0.29) is 10.8 Å². The lowest BCUT2D eigenvalue weighted by Gasteiger charge is -2.05. The summed E-state index contributed by atoms with van der Waals surface area (Å²) in [5, 5.41) is -0.177.